The summed E-state index contributed by atoms with van der Waals surface area (Å²) in [6.45, 7) is 4.48. The minimum absolute atomic E-state index is 0.00240. The highest BCUT2D eigenvalue weighted by atomic mass is 35.5. The van der Waals surface area contributed by atoms with Gasteiger partial charge in [0.25, 0.3) is 5.91 Å². The van der Waals surface area contributed by atoms with E-state index >= 15 is 0 Å². The lowest BCUT2D eigenvalue weighted by molar-refractivity contribution is -0.117. The first-order valence-corrected chi connectivity index (χ1v) is 6.84. The number of amides is 1. The van der Waals surface area contributed by atoms with Crippen molar-refractivity contribution in [2.24, 2.45) is 5.92 Å². The summed E-state index contributed by atoms with van der Waals surface area (Å²) in [5.74, 6) is 0.474. The van der Waals surface area contributed by atoms with Crippen molar-refractivity contribution in [1.29, 1.82) is 5.26 Å². The molecule has 112 valence electrons. The van der Waals surface area contributed by atoms with Crippen LogP contribution in [0.15, 0.2) is 30.0 Å². The number of halogens is 1. The lowest BCUT2D eigenvalue weighted by atomic mass is 10.2. The predicted molar refractivity (Wildman–Crippen MR) is 83.2 cm³/mol. The number of nitrogens with one attached hydrogen (secondary N) is 2. The van der Waals surface area contributed by atoms with Crippen molar-refractivity contribution in [3.8, 4) is 11.8 Å². The first-order valence-electron chi connectivity index (χ1n) is 6.46. The van der Waals surface area contributed by atoms with E-state index in [9.17, 15) is 4.79 Å². The molecule has 0 unspecified atom stereocenters. The first-order chi connectivity index (χ1) is 9.97. The summed E-state index contributed by atoms with van der Waals surface area (Å²) < 4.78 is 5.05. The molecule has 0 saturated carbocycles. The summed E-state index contributed by atoms with van der Waals surface area (Å²) in [6, 6.07) is 6.95. The smallest absolute Gasteiger partial charge is 0.263 e. The van der Waals surface area contributed by atoms with Crippen LogP contribution in [0.2, 0.25) is 5.02 Å². The molecular formula is C15H18ClN3O2. The van der Waals surface area contributed by atoms with Crippen molar-refractivity contribution in [3.63, 3.8) is 0 Å². The molecule has 21 heavy (non-hydrogen) atoms. The average molecular weight is 308 g/mol. The molecule has 5 nitrogen and oxygen atoms in total. The van der Waals surface area contributed by atoms with Crippen LogP contribution in [0.4, 0.5) is 5.69 Å². The number of nitriles is 1. The molecule has 0 heterocycles. The normalized spacial score (nSPS) is 11.0. The largest absolute Gasteiger partial charge is 0.495 e. The fourth-order valence-electron chi connectivity index (χ4n) is 1.45. The second kappa shape index (κ2) is 8.18. The Labute approximate surface area is 129 Å². The highest BCUT2D eigenvalue weighted by molar-refractivity contribution is 6.32. The molecule has 0 bridgehead atoms. The minimum Gasteiger partial charge on any atom is -0.495 e. The minimum atomic E-state index is -0.404. The van der Waals surface area contributed by atoms with Gasteiger partial charge < -0.3 is 15.4 Å². The molecule has 0 fully saturated rings. The van der Waals surface area contributed by atoms with Crippen molar-refractivity contribution in [1.82, 2.24) is 5.32 Å². The molecule has 0 aromatic heterocycles. The van der Waals surface area contributed by atoms with E-state index in [1.165, 1.54) is 13.3 Å². The van der Waals surface area contributed by atoms with E-state index in [-0.39, 0.29) is 5.57 Å². The van der Waals surface area contributed by atoms with Crippen molar-refractivity contribution in [2.75, 3.05) is 19.0 Å². The Morgan fingerprint density at radius 3 is 2.76 bits per heavy atom. The van der Waals surface area contributed by atoms with Gasteiger partial charge in [-0.3, -0.25) is 4.79 Å². The number of methoxy groups -OCH3 is 1. The average Bonchev–Trinajstić information content (AvgIpc) is 2.45. The number of benzene rings is 1. The van der Waals surface area contributed by atoms with Crippen LogP contribution in [-0.2, 0) is 4.79 Å². The van der Waals surface area contributed by atoms with Crippen LogP contribution in [0, 0.1) is 17.2 Å². The van der Waals surface area contributed by atoms with Crippen molar-refractivity contribution < 1.29 is 9.53 Å². The van der Waals surface area contributed by atoms with Gasteiger partial charge in [0.05, 0.1) is 12.1 Å². The van der Waals surface area contributed by atoms with Gasteiger partial charge in [0.2, 0.25) is 0 Å². The SMILES string of the molecule is COc1ccc(N/C=C(/C#N)C(=O)NCC(C)C)cc1Cl. The summed E-state index contributed by atoms with van der Waals surface area (Å²) in [5, 5.41) is 15.0. The van der Waals surface area contributed by atoms with Gasteiger partial charge in [0, 0.05) is 18.4 Å². The Balaban J connectivity index is 2.74. The van der Waals surface area contributed by atoms with Gasteiger partial charge >= 0.3 is 0 Å². The van der Waals surface area contributed by atoms with Crippen molar-refractivity contribution in [3.05, 3.63) is 35.0 Å². The van der Waals surface area contributed by atoms with Crippen LogP contribution < -0.4 is 15.4 Å². The second-order valence-electron chi connectivity index (χ2n) is 4.77. The van der Waals surface area contributed by atoms with E-state index in [2.05, 4.69) is 10.6 Å². The Morgan fingerprint density at radius 1 is 1.52 bits per heavy atom. The van der Waals surface area contributed by atoms with Crippen LogP contribution >= 0.6 is 11.6 Å². The summed E-state index contributed by atoms with van der Waals surface area (Å²) in [4.78, 5) is 11.8. The maximum absolute atomic E-state index is 11.8. The molecule has 0 spiro atoms. The Bertz CT molecular complexity index is 577. The molecule has 1 aromatic rings. The molecule has 0 atom stereocenters. The summed E-state index contributed by atoms with van der Waals surface area (Å²) in [6.07, 6.45) is 1.35. The van der Waals surface area contributed by atoms with Crippen molar-refractivity contribution in [2.45, 2.75) is 13.8 Å². The number of rotatable bonds is 6. The molecule has 0 aliphatic rings. The number of carbonyl (C=O) groups excluding carboxylic acids is 1. The Hall–Kier alpha value is -2.19. The molecule has 6 heteroatoms. The zero-order chi connectivity index (χ0) is 15.8. The Morgan fingerprint density at radius 2 is 2.24 bits per heavy atom. The van der Waals surface area contributed by atoms with Crippen LogP contribution in [0.25, 0.3) is 0 Å². The maximum atomic E-state index is 11.8. The van der Waals surface area contributed by atoms with E-state index in [1.807, 2.05) is 19.9 Å². The summed E-state index contributed by atoms with van der Waals surface area (Å²) >= 11 is 6.00. The third-order valence-corrected chi connectivity index (χ3v) is 2.87. The molecular weight excluding hydrogens is 290 g/mol. The highest BCUT2D eigenvalue weighted by Gasteiger charge is 2.09. The van der Waals surface area contributed by atoms with Crippen LogP contribution in [0.1, 0.15) is 13.8 Å². The fraction of sp³-hybridized carbons (Fsp3) is 0.333. The van der Waals surface area contributed by atoms with Gasteiger partial charge in [0.15, 0.2) is 0 Å². The molecule has 0 saturated heterocycles. The van der Waals surface area contributed by atoms with Gasteiger partial charge in [-0.15, -0.1) is 0 Å². The molecule has 0 aliphatic carbocycles. The molecule has 2 N–H and O–H groups in total. The quantitative estimate of drug-likeness (QED) is 0.626. The Kier molecular flexibility index (Phi) is 6.57. The molecule has 0 radical (unpaired) electrons. The third kappa shape index (κ3) is 5.36. The third-order valence-electron chi connectivity index (χ3n) is 2.57. The number of nitrogens with zero attached hydrogens (tertiary/aromatic N) is 1. The van der Waals surface area contributed by atoms with Gasteiger partial charge in [-0.1, -0.05) is 25.4 Å². The van der Waals surface area contributed by atoms with Crippen LogP contribution in [0.3, 0.4) is 0 Å². The fourth-order valence-corrected chi connectivity index (χ4v) is 1.71. The monoisotopic (exact) mass is 307 g/mol. The van der Waals surface area contributed by atoms with Crippen LogP contribution in [-0.4, -0.2) is 19.6 Å². The molecule has 0 aliphatic heterocycles. The first kappa shape index (κ1) is 16.9. The van der Waals surface area contributed by atoms with E-state index in [0.29, 0.717) is 28.9 Å². The van der Waals surface area contributed by atoms with E-state index < -0.39 is 5.91 Å². The lowest BCUT2D eigenvalue weighted by Gasteiger charge is -2.08. The molecule has 1 aromatic carbocycles. The zero-order valence-electron chi connectivity index (χ0n) is 12.2. The topological polar surface area (TPSA) is 74.1 Å². The lowest BCUT2D eigenvalue weighted by Crippen LogP contribution is -2.28. The number of anilines is 1. The zero-order valence-corrected chi connectivity index (χ0v) is 13.0. The van der Waals surface area contributed by atoms with Crippen LogP contribution in [0.5, 0.6) is 5.75 Å². The second-order valence-corrected chi connectivity index (χ2v) is 5.17. The van der Waals surface area contributed by atoms with E-state index in [0.717, 1.165) is 0 Å². The van der Waals surface area contributed by atoms with Gasteiger partial charge in [-0.05, 0) is 24.1 Å². The standard InChI is InChI=1S/C15H18ClN3O2/c1-10(2)8-19-15(20)11(7-17)9-18-12-4-5-14(21-3)13(16)6-12/h4-6,9-10,18H,8H2,1-3H3,(H,19,20)/b11-9-. The molecule has 1 rings (SSSR count). The van der Waals surface area contributed by atoms with Crippen molar-refractivity contribution >= 4 is 23.2 Å². The number of hydrogen-bond donors (Lipinski definition) is 2. The summed E-state index contributed by atoms with van der Waals surface area (Å²) in [7, 11) is 1.53. The highest BCUT2D eigenvalue weighted by Crippen LogP contribution is 2.27. The van der Waals surface area contributed by atoms with Gasteiger partial charge in [0.1, 0.15) is 17.4 Å². The predicted octanol–water partition coefficient (Wildman–Crippen LogP) is 2.94. The maximum Gasteiger partial charge on any atom is 0.263 e. The number of ether oxygens (including phenoxy) is 1. The van der Waals surface area contributed by atoms with Gasteiger partial charge in [-0.2, -0.15) is 5.26 Å². The number of hydrogen-bond acceptors (Lipinski definition) is 4. The summed E-state index contributed by atoms with van der Waals surface area (Å²) in [5.41, 5.74) is 0.660. The van der Waals surface area contributed by atoms with E-state index in [1.54, 1.807) is 18.2 Å². The van der Waals surface area contributed by atoms with Gasteiger partial charge in [-0.25, -0.2) is 0 Å². The molecule has 1 amide bonds. The number of carbonyl (C=O) groups is 1. The van der Waals surface area contributed by atoms with E-state index in [4.69, 9.17) is 21.6 Å².